The number of carbonyl (C=O) groups is 1. The van der Waals surface area contributed by atoms with Crippen LogP contribution in [0, 0.1) is 6.92 Å². The molecule has 0 unspecified atom stereocenters. The Balaban J connectivity index is 0.000000396. The summed E-state index contributed by atoms with van der Waals surface area (Å²) in [5.74, 6) is 0.194. The first kappa shape index (κ1) is 9.78. The standard InChI is InChI=1S/C9H9NO.C2H6/c1-6-2-3-7-8(4-6)10-5-9(7)11;1-2/h2-4,10H,5H2,1H3;1-2H3. The number of rotatable bonds is 0. The highest BCUT2D eigenvalue weighted by molar-refractivity contribution is 6.07. The van der Waals surface area contributed by atoms with E-state index in [2.05, 4.69) is 5.32 Å². The van der Waals surface area contributed by atoms with Crippen LogP contribution in [0.1, 0.15) is 29.8 Å². The maximum Gasteiger partial charge on any atom is 0.183 e. The number of fused-ring (bicyclic) bond motifs is 1. The lowest BCUT2D eigenvalue weighted by Crippen LogP contribution is -2.00. The third kappa shape index (κ3) is 1.89. The largest absolute Gasteiger partial charge is 0.377 e. The summed E-state index contributed by atoms with van der Waals surface area (Å²) in [6, 6.07) is 5.84. The topological polar surface area (TPSA) is 29.1 Å². The molecule has 13 heavy (non-hydrogen) atoms. The number of benzene rings is 1. The monoisotopic (exact) mass is 177 g/mol. The summed E-state index contributed by atoms with van der Waals surface area (Å²) < 4.78 is 0. The van der Waals surface area contributed by atoms with Crippen LogP contribution in [0.5, 0.6) is 0 Å². The number of Topliss-reactive ketones (excluding diaryl/α,β-unsaturated/α-hetero) is 1. The lowest BCUT2D eigenvalue weighted by Gasteiger charge is -1.97. The van der Waals surface area contributed by atoms with Gasteiger partial charge >= 0.3 is 0 Å². The fourth-order valence-electron chi connectivity index (χ4n) is 1.32. The summed E-state index contributed by atoms with van der Waals surface area (Å²) >= 11 is 0. The molecule has 0 aromatic heterocycles. The van der Waals surface area contributed by atoms with Crippen molar-refractivity contribution in [3.63, 3.8) is 0 Å². The van der Waals surface area contributed by atoms with E-state index in [0.29, 0.717) is 6.54 Å². The summed E-state index contributed by atoms with van der Waals surface area (Å²) in [5, 5.41) is 3.04. The SMILES string of the molecule is CC.Cc1ccc2c(c1)NCC2=O. The third-order valence-corrected chi connectivity index (χ3v) is 1.91. The molecule has 0 fully saturated rings. The molecule has 0 spiro atoms. The minimum absolute atomic E-state index is 0.194. The Labute approximate surface area is 79.0 Å². The van der Waals surface area contributed by atoms with Crippen LogP contribution in [0.2, 0.25) is 0 Å². The average Bonchev–Trinajstić information content (AvgIpc) is 2.51. The molecule has 2 heteroatoms. The van der Waals surface area contributed by atoms with Gasteiger partial charge in [-0.15, -0.1) is 0 Å². The van der Waals surface area contributed by atoms with Crippen molar-refractivity contribution in [1.82, 2.24) is 0 Å². The van der Waals surface area contributed by atoms with E-state index in [1.807, 2.05) is 39.0 Å². The number of anilines is 1. The highest BCUT2D eigenvalue weighted by Crippen LogP contribution is 2.22. The Bertz CT molecular complexity index is 318. The Morgan fingerprint density at radius 3 is 2.69 bits per heavy atom. The minimum atomic E-state index is 0.194. The van der Waals surface area contributed by atoms with Gasteiger partial charge < -0.3 is 5.32 Å². The van der Waals surface area contributed by atoms with E-state index in [9.17, 15) is 4.79 Å². The highest BCUT2D eigenvalue weighted by Gasteiger charge is 2.17. The van der Waals surface area contributed by atoms with Gasteiger partial charge in [-0.25, -0.2) is 0 Å². The molecule has 1 N–H and O–H groups in total. The maximum atomic E-state index is 11.1. The Morgan fingerprint density at radius 2 is 2.00 bits per heavy atom. The number of hydrogen-bond donors (Lipinski definition) is 1. The van der Waals surface area contributed by atoms with Crippen LogP contribution in [-0.2, 0) is 0 Å². The van der Waals surface area contributed by atoms with Gasteiger partial charge in [-0.2, -0.15) is 0 Å². The Morgan fingerprint density at radius 1 is 1.31 bits per heavy atom. The van der Waals surface area contributed by atoms with Crippen LogP contribution in [0.25, 0.3) is 0 Å². The van der Waals surface area contributed by atoms with E-state index in [1.165, 1.54) is 5.56 Å². The molecule has 1 aromatic carbocycles. The summed E-state index contributed by atoms with van der Waals surface area (Å²) in [4.78, 5) is 11.1. The normalized spacial score (nSPS) is 12.7. The van der Waals surface area contributed by atoms with Crippen LogP contribution in [0.4, 0.5) is 5.69 Å². The van der Waals surface area contributed by atoms with E-state index in [1.54, 1.807) is 0 Å². The average molecular weight is 177 g/mol. The van der Waals surface area contributed by atoms with Crippen molar-refractivity contribution >= 4 is 11.5 Å². The molecular weight excluding hydrogens is 162 g/mol. The van der Waals surface area contributed by atoms with Crippen molar-refractivity contribution in [2.24, 2.45) is 0 Å². The molecule has 0 saturated carbocycles. The second-order valence-corrected chi connectivity index (χ2v) is 2.83. The molecule has 1 aliphatic heterocycles. The fourth-order valence-corrected chi connectivity index (χ4v) is 1.32. The fraction of sp³-hybridized carbons (Fsp3) is 0.364. The molecule has 2 nitrogen and oxygen atoms in total. The first-order valence-electron chi connectivity index (χ1n) is 4.65. The van der Waals surface area contributed by atoms with Gasteiger partial charge in [0.15, 0.2) is 5.78 Å². The summed E-state index contributed by atoms with van der Waals surface area (Å²) in [5.41, 5.74) is 3.00. The van der Waals surface area contributed by atoms with Gasteiger partial charge in [0.25, 0.3) is 0 Å². The Hall–Kier alpha value is -1.31. The number of carbonyl (C=O) groups excluding carboxylic acids is 1. The zero-order valence-corrected chi connectivity index (χ0v) is 8.35. The molecule has 1 heterocycles. The van der Waals surface area contributed by atoms with Gasteiger partial charge in [-0.3, -0.25) is 4.79 Å². The minimum Gasteiger partial charge on any atom is -0.377 e. The highest BCUT2D eigenvalue weighted by atomic mass is 16.1. The lowest BCUT2D eigenvalue weighted by atomic mass is 10.1. The second-order valence-electron chi connectivity index (χ2n) is 2.83. The maximum absolute atomic E-state index is 11.1. The first-order valence-corrected chi connectivity index (χ1v) is 4.65. The van der Waals surface area contributed by atoms with Crippen molar-refractivity contribution in [3.8, 4) is 0 Å². The van der Waals surface area contributed by atoms with Gasteiger partial charge in [0, 0.05) is 11.3 Å². The van der Waals surface area contributed by atoms with E-state index in [-0.39, 0.29) is 5.78 Å². The molecule has 0 aliphatic carbocycles. The van der Waals surface area contributed by atoms with Crippen molar-refractivity contribution < 1.29 is 4.79 Å². The van der Waals surface area contributed by atoms with E-state index < -0.39 is 0 Å². The zero-order valence-electron chi connectivity index (χ0n) is 8.35. The predicted molar refractivity (Wildman–Crippen MR) is 55.3 cm³/mol. The van der Waals surface area contributed by atoms with E-state index in [0.717, 1.165) is 11.3 Å². The molecular formula is C11H15NO. The molecule has 0 radical (unpaired) electrons. The molecule has 70 valence electrons. The van der Waals surface area contributed by atoms with Crippen molar-refractivity contribution in [1.29, 1.82) is 0 Å². The van der Waals surface area contributed by atoms with Gasteiger partial charge in [-0.05, 0) is 24.6 Å². The van der Waals surface area contributed by atoms with Crippen LogP contribution in [0.3, 0.4) is 0 Å². The van der Waals surface area contributed by atoms with Crippen LogP contribution in [0.15, 0.2) is 18.2 Å². The number of aryl methyl sites for hydroxylation is 1. The number of ketones is 1. The van der Waals surface area contributed by atoms with Crippen molar-refractivity contribution in [2.75, 3.05) is 11.9 Å². The van der Waals surface area contributed by atoms with Crippen molar-refractivity contribution in [2.45, 2.75) is 20.8 Å². The molecule has 0 amide bonds. The predicted octanol–water partition coefficient (Wildman–Crippen LogP) is 2.63. The Kier molecular flexibility index (Phi) is 3.07. The molecule has 1 aliphatic rings. The zero-order chi connectivity index (χ0) is 9.84. The number of hydrogen-bond acceptors (Lipinski definition) is 2. The van der Waals surface area contributed by atoms with Gasteiger partial charge in [0.1, 0.15) is 0 Å². The quantitative estimate of drug-likeness (QED) is 0.660. The van der Waals surface area contributed by atoms with Gasteiger partial charge in [0.05, 0.1) is 6.54 Å². The molecule has 1 aromatic rings. The van der Waals surface area contributed by atoms with E-state index in [4.69, 9.17) is 0 Å². The van der Waals surface area contributed by atoms with Crippen LogP contribution in [-0.4, -0.2) is 12.3 Å². The number of nitrogens with one attached hydrogen (secondary N) is 1. The molecule has 0 atom stereocenters. The van der Waals surface area contributed by atoms with Gasteiger partial charge in [-0.1, -0.05) is 19.9 Å². The summed E-state index contributed by atoms with van der Waals surface area (Å²) in [7, 11) is 0. The van der Waals surface area contributed by atoms with Crippen LogP contribution < -0.4 is 5.32 Å². The smallest absolute Gasteiger partial charge is 0.183 e. The first-order chi connectivity index (χ1) is 6.27. The van der Waals surface area contributed by atoms with E-state index >= 15 is 0 Å². The molecule has 2 rings (SSSR count). The summed E-state index contributed by atoms with van der Waals surface area (Å²) in [6.07, 6.45) is 0. The second kappa shape index (κ2) is 4.08. The third-order valence-electron chi connectivity index (χ3n) is 1.91. The lowest BCUT2D eigenvalue weighted by molar-refractivity contribution is 0.101. The van der Waals surface area contributed by atoms with Crippen molar-refractivity contribution in [3.05, 3.63) is 29.3 Å². The molecule has 0 saturated heterocycles. The van der Waals surface area contributed by atoms with Crippen LogP contribution >= 0.6 is 0 Å². The molecule has 0 bridgehead atoms. The van der Waals surface area contributed by atoms with Gasteiger partial charge in [0.2, 0.25) is 0 Å². The summed E-state index contributed by atoms with van der Waals surface area (Å²) in [6.45, 7) is 6.48.